The molecule has 1 fully saturated rings. The Morgan fingerprint density at radius 3 is 3.00 bits per heavy atom. The number of rotatable bonds is 3. The molecule has 0 bridgehead atoms. The third kappa shape index (κ3) is 2.55. The molecule has 88 valence electrons. The summed E-state index contributed by atoms with van der Waals surface area (Å²) in [6.45, 7) is 2.87. The van der Waals surface area contributed by atoms with Crippen molar-refractivity contribution in [3.8, 4) is 0 Å². The molecule has 2 unspecified atom stereocenters. The van der Waals surface area contributed by atoms with E-state index >= 15 is 0 Å². The van der Waals surface area contributed by atoms with Crippen LogP contribution in [0.1, 0.15) is 13.3 Å². The number of nitrogen functional groups attached to an aromatic ring is 2. The lowest BCUT2D eigenvalue weighted by Gasteiger charge is -2.13. The van der Waals surface area contributed by atoms with Crippen LogP contribution in [0.15, 0.2) is 11.1 Å². The summed E-state index contributed by atoms with van der Waals surface area (Å²) in [4.78, 5) is 8.09. The maximum Gasteiger partial charge on any atom is 0.223 e. The van der Waals surface area contributed by atoms with E-state index in [-0.39, 0.29) is 12.1 Å². The lowest BCUT2D eigenvalue weighted by atomic mass is 10.3. The van der Waals surface area contributed by atoms with Crippen LogP contribution in [0.3, 0.4) is 0 Å². The Labute approximate surface area is 98.1 Å². The highest BCUT2D eigenvalue weighted by Crippen LogP contribution is 2.32. The van der Waals surface area contributed by atoms with E-state index in [1.807, 2.05) is 0 Å². The van der Waals surface area contributed by atoms with Gasteiger partial charge in [-0.25, -0.2) is 10.8 Å². The summed E-state index contributed by atoms with van der Waals surface area (Å²) >= 11 is 1.65. The van der Waals surface area contributed by atoms with Gasteiger partial charge in [-0.15, -0.1) is 0 Å². The van der Waals surface area contributed by atoms with E-state index in [0.717, 1.165) is 18.1 Å². The zero-order valence-electron chi connectivity index (χ0n) is 9.01. The maximum absolute atomic E-state index is 5.58. The Bertz CT molecular complexity index is 375. The first kappa shape index (κ1) is 11.4. The number of thioether (sulfide) groups is 1. The molecule has 0 aromatic carbocycles. The summed E-state index contributed by atoms with van der Waals surface area (Å²) in [5, 5.41) is 1.24. The molecule has 0 radical (unpaired) electrons. The normalized spacial score (nSPS) is 24.6. The molecule has 0 spiro atoms. The molecule has 0 amide bonds. The number of ether oxygens (including phenoxy) is 1. The molecule has 16 heavy (non-hydrogen) atoms. The molecule has 2 heterocycles. The molecule has 2 atom stereocenters. The van der Waals surface area contributed by atoms with E-state index in [0.29, 0.717) is 11.1 Å². The van der Waals surface area contributed by atoms with Gasteiger partial charge in [0.25, 0.3) is 0 Å². The molecule has 2 rings (SSSR count). The topological polar surface area (TPSA) is 99.1 Å². The number of hydrogen-bond acceptors (Lipinski definition) is 7. The minimum Gasteiger partial charge on any atom is -0.377 e. The van der Waals surface area contributed by atoms with Gasteiger partial charge >= 0.3 is 0 Å². The van der Waals surface area contributed by atoms with Gasteiger partial charge in [-0.2, -0.15) is 4.98 Å². The zero-order valence-corrected chi connectivity index (χ0v) is 9.83. The van der Waals surface area contributed by atoms with Crippen molar-refractivity contribution in [2.75, 3.05) is 17.8 Å². The summed E-state index contributed by atoms with van der Waals surface area (Å²) in [5.41, 5.74) is 8.05. The number of nitrogens with zero attached hydrogens (tertiary/aromatic N) is 2. The predicted octanol–water partition coefficient (Wildman–Crippen LogP) is 0.614. The quantitative estimate of drug-likeness (QED) is 0.405. The van der Waals surface area contributed by atoms with Crippen LogP contribution in [0.2, 0.25) is 0 Å². The van der Waals surface area contributed by atoms with Crippen molar-refractivity contribution < 1.29 is 4.74 Å². The smallest absolute Gasteiger partial charge is 0.223 e. The van der Waals surface area contributed by atoms with E-state index in [1.54, 1.807) is 17.8 Å². The second-order valence-electron chi connectivity index (χ2n) is 3.61. The monoisotopic (exact) mass is 241 g/mol. The minimum atomic E-state index is 0.226. The van der Waals surface area contributed by atoms with Crippen molar-refractivity contribution in [3.63, 3.8) is 0 Å². The Morgan fingerprint density at radius 2 is 2.38 bits per heavy atom. The van der Waals surface area contributed by atoms with Gasteiger partial charge in [-0.05, 0) is 13.3 Å². The summed E-state index contributed by atoms with van der Waals surface area (Å²) in [6, 6.07) is 1.78. The minimum absolute atomic E-state index is 0.226. The lowest BCUT2D eigenvalue weighted by molar-refractivity contribution is 0.127. The van der Waals surface area contributed by atoms with Gasteiger partial charge in [-0.3, -0.25) is 0 Å². The number of nitrogens with one attached hydrogen (secondary N) is 1. The lowest BCUT2D eigenvalue weighted by Crippen LogP contribution is -2.14. The van der Waals surface area contributed by atoms with Gasteiger partial charge in [-0.1, -0.05) is 11.8 Å². The van der Waals surface area contributed by atoms with Crippen LogP contribution in [-0.2, 0) is 4.74 Å². The number of anilines is 2. The fourth-order valence-corrected chi connectivity index (χ4v) is 2.72. The van der Waals surface area contributed by atoms with Crippen LogP contribution in [-0.4, -0.2) is 27.9 Å². The van der Waals surface area contributed by atoms with Crippen molar-refractivity contribution in [2.24, 2.45) is 5.84 Å². The van der Waals surface area contributed by atoms with Crippen LogP contribution in [0.25, 0.3) is 0 Å². The highest BCUT2D eigenvalue weighted by Gasteiger charge is 2.25. The van der Waals surface area contributed by atoms with Gasteiger partial charge in [0.15, 0.2) is 0 Å². The highest BCUT2D eigenvalue weighted by molar-refractivity contribution is 7.99. The van der Waals surface area contributed by atoms with Gasteiger partial charge in [0.2, 0.25) is 5.95 Å². The molecule has 0 saturated carbocycles. The molecule has 1 aliphatic heterocycles. The average molecular weight is 241 g/mol. The Morgan fingerprint density at radius 1 is 1.56 bits per heavy atom. The van der Waals surface area contributed by atoms with E-state index in [9.17, 15) is 0 Å². The van der Waals surface area contributed by atoms with Crippen molar-refractivity contribution >= 4 is 23.5 Å². The molecule has 1 aromatic rings. The largest absolute Gasteiger partial charge is 0.377 e. The fraction of sp³-hybridized carbons (Fsp3) is 0.556. The van der Waals surface area contributed by atoms with E-state index in [4.69, 9.17) is 16.3 Å². The molecular formula is C9H15N5OS. The summed E-state index contributed by atoms with van der Waals surface area (Å²) in [6.07, 6.45) is 1.27. The number of aromatic nitrogens is 2. The highest BCUT2D eigenvalue weighted by atomic mass is 32.2. The van der Waals surface area contributed by atoms with Gasteiger partial charge in [0, 0.05) is 17.9 Å². The summed E-state index contributed by atoms with van der Waals surface area (Å²) in [7, 11) is 0. The fourth-order valence-electron chi connectivity index (χ4n) is 1.60. The molecule has 5 N–H and O–H groups in total. The van der Waals surface area contributed by atoms with Crippen molar-refractivity contribution in [3.05, 3.63) is 6.07 Å². The molecule has 7 heteroatoms. The van der Waals surface area contributed by atoms with Gasteiger partial charge in [0.1, 0.15) is 10.8 Å². The molecular weight excluding hydrogens is 226 g/mol. The summed E-state index contributed by atoms with van der Waals surface area (Å²) < 4.78 is 5.49. The number of hydrazine groups is 1. The molecule has 1 aromatic heterocycles. The molecule has 0 aliphatic carbocycles. The van der Waals surface area contributed by atoms with Crippen LogP contribution in [0, 0.1) is 0 Å². The average Bonchev–Trinajstić information content (AvgIpc) is 2.63. The maximum atomic E-state index is 5.58. The van der Waals surface area contributed by atoms with Gasteiger partial charge in [0.05, 0.1) is 6.10 Å². The van der Waals surface area contributed by atoms with Crippen LogP contribution >= 0.6 is 11.8 Å². The summed E-state index contributed by atoms with van der Waals surface area (Å²) in [5.74, 6) is 6.05. The SMILES string of the molecule is CC1OCCC1Sc1cc(NN)nc(N)n1. The van der Waals surface area contributed by atoms with Crippen LogP contribution in [0.5, 0.6) is 0 Å². The Balaban J connectivity index is 2.11. The van der Waals surface area contributed by atoms with E-state index in [2.05, 4.69) is 22.3 Å². The predicted molar refractivity (Wildman–Crippen MR) is 63.9 cm³/mol. The Hall–Kier alpha value is -1.05. The third-order valence-corrected chi connectivity index (χ3v) is 3.82. The second kappa shape index (κ2) is 4.86. The van der Waals surface area contributed by atoms with Crippen molar-refractivity contribution in [1.82, 2.24) is 9.97 Å². The van der Waals surface area contributed by atoms with E-state index in [1.165, 1.54) is 0 Å². The molecule has 1 aliphatic rings. The standard InChI is InChI=1S/C9H15N5OS/c1-5-6(2-3-15-5)16-8-4-7(14-11)12-9(10)13-8/h4-6H,2-3,11H2,1H3,(H3,10,12,13,14). The first-order valence-electron chi connectivity index (χ1n) is 5.08. The first-order chi connectivity index (χ1) is 7.69. The van der Waals surface area contributed by atoms with Crippen LogP contribution in [0.4, 0.5) is 11.8 Å². The number of hydrogen-bond donors (Lipinski definition) is 3. The first-order valence-corrected chi connectivity index (χ1v) is 5.96. The van der Waals surface area contributed by atoms with Gasteiger partial charge < -0.3 is 15.9 Å². The van der Waals surface area contributed by atoms with Crippen LogP contribution < -0.4 is 17.0 Å². The van der Waals surface area contributed by atoms with Crippen molar-refractivity contribution in [2.45, 2.75) is 29.7 Å². The third-order valence-electron chi connectivity index (χ3n) is 2.45. The van der Waals surface area contributed by atoms with E-state index < -0.39 is 0 Å². The number of nitrogens with two attached hydrogens (primary N) is 2. The van der Waals surface area contributed by atoms with Crippen molar-refractivity contribution in [1.29, 1.82) is 0 Å². The Kier molecular flexibility index (Phi) is 3.47. The molecule has 6 nitrogen and oxygen atoms in total. The zero-order chi connectivity index (χ0) is 11.5. The molecule has 1 saturated heterocycles. The second-order valence-corrected chi connectivity index (χ2v) is 4.87.